The van der Waals surface area contributed by atoms with Crippen LogP contribution in [0.5, 0.6) is 0 Å². The Kier molecular flexibility index (Phi) is 4.06. The lowest BCUT2D eigenvalue weighted by atomic mass is 10.1. The van der Waals surface area contributed by atoms with Gasteiger partial charge in [0.05, 0.1) is 11.2 Å². The van der Waals surface area contributed by atoms with E-state index in [0.717, 1.165) is 19.0 Å². The molecule has 0 saturated heterocycles. The summed E-state index contributed by atoms with van der Waals surface area (Å²) in [5.74, 6) is 0.984. The topological polar surface area (TPSA) is 29.9 Å². The summed E-state index contributed by atoms with van der Waals surface area (Å²) >= 11 is 0. The molecule has 1 atom stereocenters. The van der Waals surface area contributed by atoms with E-state index < -0.39 is 0 Å². The minimum atomic E-state index is 0.646. The lowest BCUT2D eigenvalue weighted by Gasteiger charge is -2.15. The van der Waals surface area contributed by atoms with Gasteiger partial charge >= 0.3 is 0 Å². The molecular weight excluding hydrogens is 246 g/mol. The zero-order valence-corrected chi connectivity index (χ0v) is 12.6. The highest BCUT2D eigenvalue weighted by Crippen LogP contribution is 2.34. The molecule has 1 aliphatic rings. The van der Waals surface area contributed by atoms with Gasteiger partial charge in [-0.1, -0.05) is 38.0 Å². The Morgan fingerprint density at radius 1 is 1.30 bits per heavy atom. The van der Waals surface area contributed by atoms with Gasteiger partial charge in [0.2, 0.25) is 0 Å². The van der Waals surface area contributed by atoms with Gasteiger partial charge in [-0.3, -0.25) is 4.68 Å². The second kappa shape index (κ2) is 5.96. The van der Waals surface area contributed by atoms with Gasteiger partial charge in [-0.25, -0.2) is 0 Å². The zero-order valence-electron chi connectivity index (χ0n) is 12.6. The van der Waals surface area contributed by atoms with Crippen LogP contribution >= 0.6 is 0 Å². The minimum Gasteiger partial charge on any atom is -0.308 e. The Hall–Kier alpha value is -1.35. The molecule has 1 aromatic heterocycles. The highest BCUT2D eigenvalue weighted by molar-refractivity contribution is 5.81. The van der Waals surface area contributed by atoms with Crippen LogP contribution in [0.15, 0.2) is 24.3 Å². The van der Waals surface area contributed by atoms with Crippen molar-refractivity contribution in [3.8, 4) is 0 Å². The molecule has 1 fully saturated rings. The van der Waals surface area contributed by atoms with E-state index in [4.69, 9.17) is 5.10 Å². The van der Waals surface area contributed by atoms with Crippen LogP contribution in [0.4, 0.5) is 0 Å². The third-order valence-corrected chi connectivity index (χ3v) is 4.40. The van der Waals surface area contributed by atoms with Crippen molar-refractivity contribution in [2.75, 3.05) is 0 Å². The molecule has 1 aliphatic carbocycles. The maximum absolute atomic E-state index is 4.76. The van der Waals surface area contributed by atoms with E-state index >= 15 is 0 Å². The number of hydrogen-bond acceptors (Lipinski definition) is 2. The average Bonchev–Trinajstić information content (AvgIpc) is 3.23. The second-order valence-corrected chi connectivity index (χ2v) is 5.94. The van der Waals surface area contributed by atoms with Gasteiger partial charge in [0.15, 0.2) is 0 Å². The molecule has 0 spiro atoms. The van der Waals surface area contributed by atoms with Crippen LogP contribution in [-0.2, 0) is 13.1 Å². The number of nitrogens with zero attached hydrogens (tertiary/aromatic N) is 2. The number of aromatic nitrogens is 2. The third kappa shape index (κ3) is 2.88. The minimum absolute atomic E-state index is 0.646. The summed E-state index contributed by atoms with van der Waals surface area (Å²) in [5.41, 5.74) is 2.44. The first-order chi connectivity index (χ1) is 9.81. The molecule has 0 bridgehead atoms. The van der Waals surface area contributed by atoms with Crippen molar-refractivity contribution >= 4 is 10.9 Å². The van der Waals surface area contributed by atoms with Crippen molar-refractivity contribution in [1.29, 1.82) is 0 Å². The first kappa shape index (κ1) is 13.6. The molecule has 0 aliphatic heterocycles. The molecule has 20 heavy (non-hydrogen) atoms. The van der Waals surface area contributed by atoms with Crippen LogP contribution in [0.1, 0.15) is 45.2 Å². The highest BCUT2D eigenvalue weighted by Gasteiger charge is 2.24. The largest absolute Gasteiger partial charge is 0.308 e. The summed E-state index contributed by atoms with van der Waals surface area (Å²) in [6.07, 6.45) is 5.42. The summed E-state index contributed by atoms with van der Waals surface area (Å²) in [7, 11) is 0. The number of aryl methyl sites for hydroxylation is 1. The van der Waals surface area contributed by atoms with Gasteiger partial charge < -0.3 is 5.32 Å². The summed E-state index contributed by atoms with van der Waals surface area (Å²) in [5, 5.41) is 9.77. The first-order valence-electron chi connectivity index (χ1n) is 7.99. The van der Waals surface area contributed by atoms with E-state index in [1.807, 2.05) is 0 Å². The quantitative estimate of drug-likeness (QED) is 0.831. The predicted molar refractivity (Wildman–Crippen MR) is 83.7 cm³/mol. The molecule has 2 aromatic rings. The van der Waals surface area contributed by atoms with Crippen LogP contribution in [-0.4, -0.2) is 15.8 Å². The van der Waals surface area contributed by atoms with Crippen LogP contribution in [0.2, 0.25) is 0 Å². The van der Waals surface area contributed by atoms with Gasteiger partial charge in [-0.05, 0) is 31.7 Å². The molecule has 0 radical (unpaired) electrons. The molecule has 3 rings (SSSR count). The average molecular weight is 271 g/mol. The first-order valence-corrected chi connectivity index (χ1v) is 7.99. The lowest BCUT2D eigenvalue weighted by Crippen LogP contribution is -2.28. The van der Waals surface area contributed by atoms with Crippen molar-refractivity contribution in [2.45, 2.75) is 58.7 Å². The van der Waals surface area contributed by atoms with Crippen molar-refractivity contribution < 1.29 is 0 Å². The maximum atomic E-state index is 4.76. The number of rotatable bonds is 7. The van der Waals surface area contributed by atoms with E-state index in [1.54, 1.807) is 0 Å². The fourth-order valence-corrected chi connectivity index (χ4v) is 2.96. The van der Waals surface area contributed by atoms with E-state index in [9.17, 15) is 0 Å². The standard InChI is InChI=1S/C17H25N3/c1-3-14(11-13-9-10-13)18-12-16-15-7-5-6-8-17(15)20(4-2)19-16/h5-8,13-14,18H,3-4,9-12H2,1-2H3. The molecule has 1 saturated carbocycles. The number of fused-ring (bicyclic) bond motifs is 1. The lowest BCUT2D eigenvalue weighted by molar-refractivity contribution is 0.441. The SMILES string of the molecule is CCC(CC1CC1)NCc1nn(CC)c2ccccc12. The van der Waals surface area contributed by atoms with Gasteiger partial charge in [0.1, 0.15) is 0 Å². The summed E-state index contributed by atoms with van der Waals surface area (Å²) in [4.78, 5) is 0. The number of benzene rings is 1. The van der Waals surface area contributed by atoms with E-state index in [-0.39, 0.29) is 0 Å². The molecule has 1 aromatic carbocycles. The number of para-hydroxylation sites is 1. The third-order valence-electron chi connectivity index (χ3n) is 4.40. The second-order valence-electron chi connectivity index (χ2n) is 5.94. The normalized spacial score (nSPS) is 16.7. The van der Waals surface area contributed by atoms with Crippen molar-refractivity contribution in [2.24, 2.45) is 5.92 Å². The van der Waals surface area contributed by atoms with Crippen LogP contribution in [0, 0.1) is 5.92 Å². The Morgan fingerprint density at radius 2 is 2.10 bits per heavy atom. The summed E-state index contributed by atoms with van der Waals surface area (Å²) < 4.78 is 2.11. The van der Waals surface area contributed by atoms with E-state index in [2.05, 4.69) is 48.1 Å². The molecule has 1 unspecified atom stereocenters. The Morgan fingerprint density at radius 3 is 2.80 bits per heavy atom. The number of nitrogens with one attached hydrogen (secondary N) is 1. The van der Waals surface area contributed by atoms with Gasteiger partial charge in [-0.15, -0.1) is 0 Å². The van der Waals surface area contributed by atoms with Crippen LogP contribution in [0.25, 0.3) is 10.9 Å². The monoisotopic (exact) mass is 271 g/mol. The summed E-state index contributed by atoms with van der Waals surface area (Å²) in [6, 6.07) is 9.20. The molecular formula is C17H25N3. The molecule has 108 valence electrons. The van der Waals surface area contributed by atoms with Gasteiger partial charge in [-0.2, -0.15) is 5.10 Å². The molecule has 1 heterocycles. The molecule has 0 amide bonds. The zero-order chi connectivity index (χ0) is 13.9. The van der Waals surface area contributed by atoms with Crippen LogP contribution < -0.4 is 5.32 Å². The molecule has 1 N–H and O–H groups in total. The Balaban J connectivity index is 1.72. The molecule has 3 heteroatoms. The van der Waals surface area contributed by atoms with Gasteiger partial charge in [0, 0.05) is 24.5 Å². The fraction of sp³-hybridized carbons (Fsp3) is 0.588. The highest BCUT2D eigenvalue weighted by atomic mass is 15.3. The summed E-state index contributed by atoms with van der Waals surface area (Å²) in [6.45, 7) is 6.25. The van der Waals surface area contributed by atoms with Crippen molar-refractivity contribution in [3.05, 3.63) is 30.0 Å². The molecule has 3 nitrogen and oxygen atoms in total. The van der Waals surface area contributed by atoms with E-state index in [0.29, 0.717) is 6.04 Å². The van der Waals surface area contributed by atoms with Crippen LogP contribution in [0.3, 0.4) is 0 Å². The fourth-order valence-electron chi connectivity index (χ4n) is 2.96. The van der Waals surface area contributed by atoms with Gasteiger partial charge in [0.25, 0.3) is 0 Å². The predicted octanol–water partition coefficient (Wildman–Crippen LogP) is 3.72. The van der Waals surface area contributed by atoms with E-state index in [1.165, 1.54) is 42.3 Å². The Bertz CT molecular complexity index is 569. The van der Waals surface area contributed by atoms with Crippen molar-refractivity contribution in [1.82, 2.24) is 15.1 Å². The van der Waals surface area contributed by atoms with Crippen molar-refractivity contribution in [3.63, 3.8) is 0 Å². The maximum Gasteiger partial charge on any atom is 0.0841 e. The smallest absolute Gasteiger partial charge is 0.0841 e. The Labute approximate surface area is 121 Å². The number of hydrogen-bond donors (Lipinski definition) is 1.